The molecular formula is C23H23N3O2S. The van der Waals surface area contributed by atoms with Gasteiger partial charge in [0.15, 0.2) is 0 Å². The van der Waals surface area contributed by atoms with Crippen LogP contribution in [0.5, 0.6) is 0 Å². The first-order chi connectivity index (χ1) is 14.0. The molecule has 5 nitrogen and oxygen atoms in total. The fourth-order valence-electron chi connectivity index (χ4n) is 3.69. The molecule has 0 spiro atoms. The number of amides is 2. The Morgan fingerprint density at radius 2 is 2.00 bits per heavy atom. The number of anilines is 1. The number of carbonyl (C=O) groups is 2. The number of hydrogen-bond acceptors (Lipinski definition) is 4. The molecule has 2 amide bonds. The van der Waals surface area contributed by atoms with Crippen LogP contribution in [0, 0.1) is 12.8 Å². The zero-order chi connectivity index (χ0) is 20.4. The number of aromatic nitrogens is 1. The van der Waals surface area contributed by atoms with Gasteiger partial charge in [0, 0.05) is 29.6 Å². The molecule has 6 heteroatoms. The van der Waals surface area contributed by atoms with E-state index in [1.165, 1.54) is 0 Å². The summed E-state index contributed by atoms with van der Waals surface area (Å²) < 4.78 is 0. The highest BCUT2D eigenvalue weighted by molar-refractivity contribution is 7.09. The van der Waals surface area contributed by atoms with Gasteiger partial charge in [-0.2, -0.15) is 0 Å². The summed E-state index contributed by atoms with van der Waals surface area (Å²) >= 11 is 1.60. The van der Waals surface area contributed by atoms with Gasteiger partial charge in [0.05, 0.1) is 22.7 Å². The lowest BCUT2D eigenvalue weighted by Crippen LogP contribution is -2.30. The van der Waals surface area contributed by atoms with Crippen molar-refractivity contribution >= 4 is 28.8 Å². The smallest absolute Gasteiger partial charge is 0.229 e. The van der Waals surface area contributed by atoms with Gasteiger partial charge in [-0.1, -0.05) is 42.5 Å². The third-order valence-corrected chi connectivity index (χ3v) is 6.10. The third-order valence-electron chi connectivity index (χ3n) is 5.32. The Balaban J connectivity index is 1.44. The average Bonchev–Trinajstić information content (AvgIpc) is 3.34. The van der Waals surface area contributed by atoms with E-state index in [4.69, 9.17) is 0 Å². The van der Waals surface area contributed by atoms with E-state index in [1.807, 2.05) is 73.8 Å². The summed E-state index contributed by atoms with van der Waals surface area (Å²) in [5.74, 6) is -0.445. The second-order valence-corrected chi connectivity index (χ2v) is 8.42. The lowest BCUT2D eigenvalue weighted by atomic mass is 10.1. The second kappa shape index (κ2) is 8.17. The van der Waals surface area contributed by atoms with Crippen molar-refractivity contribution in [1.29, 1.82) is 0 Å². The molecule has 1 saturated heterocycles. The highest BCUT2D eigenvalue weighted by Crippen LogP contribution is 2.30. The molecule has 0 saturated carbocycles. The van der Waals surface area contributed by atoms with E-state index < -0.39 is 0 Å². The highest BCUT2D eigenvalue weighted by atomic mass is 32.1. The van der Waals surface area contributed by atoms with Crippen molar-refractivity contribution in [2.45, 2.75) is 26.3 Å². The van der Waals surface area contributed by atoms with Crippen LogP contribution >= 0.6 is 11.3 Å². The quantitative estimate of drug-likeness (QED) is 0.671. The first kappa shape index (κ1) is 19.3. The molecule has 0 aliphatic carbocycles. The van der Waals surface area contributed by atoms with Gasteiger partial charge in [-0.05, 0) is 31.5 Å². The summed E-state index contributed by atoms with van der Waals surface area (Å²) in [6.45, 7) is 4.41. The second-order valence-electron chi connectivity index (χ2n) is 7.36. The fourth-order valence-corrected chi connectivity index (χ4v) is 4.31. The highest BCUT2D eigenvalue weighted by Gasteiger charge is 2.37. The van der Waals surface area contributed by atoms with Gasteiger partial charge in [0.2, 0.25) is 11.8 Å². The first-order valence-corrected chi connectivity index (χ1v) is 10.6. The van der Waals surface area contributed by atoms with Crippen LogP contribution in [0.4, 0.5) is 5.69 Å². The van der Waals surface area contributed by atoms with Gasteiger partial charge in [0.25, 0.3) is 0 Å². The Kier molecular flexibility index (Phi) is 5.45. The minimum Gasteiger partial charge on any atom is -0.335 e. The van der Waals surface area contributed by atoms with Crippen molar-refractivity contribution in [2.75, 3.05) is 11.9 Å². The average molecular weight is 406 g/mol. The van der Waals surface area contributed by atoms with Crippen molar-refractivity contribution in [3.63, 3.8) is 0 Å². The molecule has 3 aromatic rings. The van der Waals surface area contributed by atoms with Gasteiger partial charge in [-0.15, -0.1) is 11.3 Å². The number of carbonyl (C=O) groups excluding carboxylic acids is 2. The number of aryl methyl sites for hydroxylation is 1. The normalized spacial score (nSPS) is 17.4. The van der Waals surface area contributed by atoms with Gasteiger partial charge >= 0.3 is 0 Å². The number of thiazole rings is 1. The summed E-state index contributed by atoms with van der Waals surface area (Å²) in [6, 6.07) is 17.5. The fraction of sp³-hybridized carbons (Fsp3) is 0.261. The van der Waals surface area contributed by atoms with Crippen LogP contribution in [-0.4, -0.2) is 28.2 Å². The Bertz CT molecular complexity index is 1030. The van der Waals surface area contributed by atoms with E-state index in [-0.39, 0.29) is 30.2 Å². The number of benzene rings is 2. The maximum absolute atomic E-state index is 12.8. The lowest BCUT2D eigenvalue weighted by Gasteiger charge is -2.25. The van der Waals surface area contributed by atoms with E-state index in [1.54, 1.807) is 16.2 Å². The molecule has 1 aliphatic heterocycles. The number of likely N-dealkylation sites (tertiary alicyclic amines) is 1. The predicted molar refractivity (Wildman–Crippen MR) is 116 cm³/mol. The minimum absolute atomic E-state index is 0.0215. The lowest BCUT2D eigenvalue weighted by molar-refractivity contribution is -0.129. The molecule has 2 unspecified atom stereocenters. The van der Waals surface area contributed by atoms with Crippen molar-refractivity contribution < 1.29 is 9.59 Å². The standard InChI is InChI=1S/C23H23N3O2S/c1-15(17-7-4-3-5-8-17)26-13-19(12-22(26)27)23(28)25-20-10-6-9-18(11-20)21-14-29-16(2)24-21/h3-11,14-15,19H,12-13H2,1-2H3,(H,25,28). The molecule has 0 radical (unpaired) electrons. The Morgan fingerprint density at radius 1 is 1.21 bits per heavy atom. The topological polar surface area (TPSA) is 62.3 Å². The maximum Gasteiger partial charge on any atom is 0.229 e. The van der Waals surface area contributed by atoms with Gasteiger partial charge < -0.3 is 10.2 Å². The molecule has 2 heterocycles. The number of nitrogens with one attached hydrogen (secondary N) is 1. The molecular weight excluding hydrogens is 382 g/mol. The monoisotopic (exact) mass is 405 g/mol. The van der Waals surface area contributed by atoms with E-state index in [0.717, 1.165) is 27.5 Å². The molecule has 148 valence electrons. The zero-order valence-electron chi connectivity index (χ0n) is 16.5. The third kappa shape index (κ3) is 4.22. The molecule has 2 atom stereocenters. The molecule has 1 N–H and O–H groups in total. The summed E-state index contributed by atoms with van der Waals surface area (Å²) in [6.07, 6.45) is 0.244. The summed E-state index contributed by atoms with van der Waals surface area (Å²) in [5, 5.41) is 5.99. The van der Waals surface area contributed by atoms with Crippen LogP contribution in [0.2, 0.25) is 0 Å². The van der Waals surface area contributed by atoms with E-state index in [9.17, 15) is 9.59 Å². The molecule has 1 aromatic heterocycles. The minimum atomic E-state index is -0.348. The maximum atomic E-state index is 12.8. The van der Waals surface area contributed by atoms with Crippen LogP contribution in [0.25, 0.3) is 11.3 Å². The van der Waals surface area contributed by atoms with E-state index in [0.29, 0.717) is 6.54 Å². The zero-order valence-corrected chi connectivity index (χ0v) is 17.3. The number of nitrogens with zero attached hydrogens (tertiary/aromatic N) is 2. The van der Waals surface area contributed by atoms with Gasteiger partial charge in [0.1, 0.15) is 0 Å². The van der Waals surface area contributed by atoms with Crippen LogP contribution in [-0.2, 0) is 9.59 Å². The van der Waals surface area contributed by atoms with Gasteiger partial charge in [-0.25, -0.2) is 4.98 Å². The molecule has 2 aromatic carbocycles. The number of rotatable bonds is 5. The summed E-state index contributed by atoms with van der Waals surface area (Å²) in [5.41, 5.74) is 3.67. The molecule has 29 heavy (non-hydrogen) atoms. The molecule has 1 fully saturated rings. The Hall–Kier alpha value is -2.99. The molecule has 1 aliphatic rings. The van der Waals surface area contributed by atoms with Crippen molar-refractivity contribution in [2.24, 2.45) is 5.92 Å². The number of hydrogen-bond donors (Lipinski definition) is 1. The first-order valence-electron chi connectivity index (χ1n) is 9.69. The van der Waals surface area contributed by atoms with Crippen LogP contribution in [0.15, 0.2) is 60.0 Å². The molecule has 0 bridgehead atoms. The van der Waals surface area contributed by atoms with E-state index in [2.05, 4.69) is 10.3 Å². The Labute approximate surface area is 174 Å². The van der Waals surface area contributed by atoms with E-state index >= 15 is 0 Å². The predicted octanol–water partition coefficient (Wildman–Crippen LogP) is 4.67. The van der Waals surface area contributed by atoms with Crippen molar-refractivity contribution in [3.8, 4) is 11.3 Å². The van der Waals surface area contributed by atoms with Crippen LogP contribution < -0.4 is 5.32 Å². The Morgan fingerprint density at radius 3 is 2.72 bits per heavy atom. The van der Waals surface area contributed by atoms with Gasteiger partial charge in [-0.3, -0.25) is 9.59 Å². The largest absolute Gasteiger partial charge is 0.335 e. The van der Waals surface area contributed by atoms with Crippen LogP contribution in [0.1, 0.15) is 30.0 Å². The van der Waals surface area contributed by atoms with Crippen molar-refractivity contribution in [3.05, 3.63) is 70.5 Å². The van der Waals surface area contributed by atoms with Crippen molar-refractivity contribution in [1.82, 2.24) is 9.88 Å². The summed E-state index contributed by atoms with van der Waals surface area (Å²) in [4.78, 5) is 31.7. The summed E-state index contributed by atoms with van der Waals surface area (Å²) in [7, 11) is 0. The molecule has 4 rings (SSSR count). The SMILES string of the molecule is Cc1nc(-c2cccc(NC(=O)C3CC(=O)N(C(C)c4ccccc4)C3)c2)cs1. The van der Waals surface area contributed by atoms with Crippen LogP contribution in [0.3, 0.4) is 0 Å².